The number of rotatable bonds is 7. The third-order valence-electron chi connectivity index (χ3n) is 12.4. The molecular weight excluding hydrogens is 733 g/mol. The number of aliphatic imine (C=N–C) groups is 2. The van der Waals surface area contributed by atoms with Gasteiger partial charge in [0.25, 0.3) is 0 Å². The van der Waals surface area contributed by atoms with Crippen LogP contribution in [0.2, 0.25) is 0 Å². The first kappa shape index (κ1) is 35.8. The Morgan fingerprint density at radius 3 is 1.67 bits per heavy atom. The van der Waals surface area contributed by atoms with E-state index in [0.29, 0.717) is 23.3 Å². The summed E-state index contributed by atoms with van der Waals surface area (Å²) in [5, 5.41) is 3.69. The molecule has 1 N–H and O–H groups in total. The summed E-state index contributed by atoms with van der Waals surface area (Å²) in [4.78, 5) is 25.6. The van der Waals surface area contributed by atoms with Gasteiger partial charge in [-0.3, -0.25) is 0 Å². The summed E-state index contributed by atoms with van der Waals surface area (Å²) in [7, 11) is 0. The average molecular weight is 775 g/mol. The Balaban J connectivity index is 1.01. The summed E-state index contributed by atoms with van der Waals surface area (Å²) in [5.74, 6) is 3.25. The maximum absolute atomic E-state index is 5.33. The van der Waals surface area contributed by atoms with Gasteiger partial charge in [0, 0.05) is 33.2 Å². The molecule has 1 spiro atoms. The predicted molar refractivity (Wildman–Crippen MR) is 243 cm³/mol. The number of amidine groups is 2. The molecule has 8 aromatic rings. The molecule has 6 heteroatoms. The van der Waals surface area contributed by atoms with Crippen LogP contribution in [-0.4, -0.2) is 26.6 Å². The Kier molecular flexibility index (Phi) is 9.03. The van der Waals surface area contributed by atoms with Crippen molar-refractivity contribution in [3.63, 3.8) is 0 Å². The summed E-state index contributed by atoms with van der Waals surface area (Å²) in [6, 6.07) is 63.7. The van der Waals surface area contributed by atoms with E-state index < -0.39 is 0 Å². The summed E-state index contributed by atoms with van der Waals surface area (Å²) in [6.07, 6.45) is 5.95. The number of benzene rings is 7. The zero-order valence-electron chi connectivity index (χ0n) is 33.2. The molecule has 0 radical (unpaired) electrons. The minimum Gasteiger partial charge on any atom is -0.344 e. The first-order valence-electron chi connectivity index (χ1n) is 21.0. The summed E-state index contributed by atoms with van der Waals surface area (Å²) >= 11 is 0. The average Bonchev–Trinajstić information content (AvgIpc) is 3.59. The highest BCUT2D eigenvalue weighted by molar-refractivity contribution is 6.15. The molecule has 6 nitrogen and oxygen atoms in total. The van der Waals surface area contributed by atoms with E-state index >= 15 is 0 Å². The van der Waals surface area contributed by atoms with Crippen molar-refractivity contribution in [3.8, 4) is 56.4 Å². The van der Waals surface area contributed by atoms with Crippen molar-refractivity contribution in [2.24, 2.45) is 9.98 Å². The Morgan fingerprint density at radius 1 is 0.417 bits per heavy atom. The van der Waals surface area contributed by atoms with Crippen LogP contribution in [0, 0.1) is 0 Å². The first-order chi connectivity index (χ1) is 29.7. The molecule has 11 rings (SSSR count). The molecule has 1 fully saturated rings. The highest BCUT2D eigenvalue weighted by Gasteiger charge is 2.43. The van der Waals surface area contributed by atoms with Crippen molar-refractivity contribution in [1.82, 2.24) is 20.3 Å². The van der Waals surface area contributed by atoms with E-state index in [1.165, 1.54) is 59.9 Å². The molecule has 1 aliphatic heterocycles. The molecule has 7 aromatic carbocycles. The molecule has 2 aliphatic carbocycles. The van der Waals surface area contributed by atoms with Crippen LogP contribution < -0.4 is 5.32 Å². The molecule has 0 saturated heterocycles. The molecule has 0 amide bonds. The van der Waals surface area contributed by atoms with Gasteiger partial charge in [-0.25, -0.2) is 24.9 Å². The largest absolute Gasteiger partial charge is 0.344 e. The van der Waals surface area contributed by atoms with Gasteiger partial charge in [0.1, 0.15) is 12.0 Å². The van der Waals surface area contributed by atoms with Crippen molar-refractivity contribution in [3.05, 3.63) is 210 Å². The van der Waals surface area contributed by atoms with E-state index in [9.17, 15) is 0 Å². The van der Waals surface area contributed by atoms with Gasteiger partial charge in [0.05, 0.1) is 0 Å². The Morgan fingerprint density at radius 2 is 0.967 bits per heavy atom. The van der Waals surface area contributed by atoms with Crippen LogP contribution in [0.4, 0.5) is 0 Å². The van der Waals surface area contributed by atoms with Crippen LogP contribution >= 0.6 is 0 Å². The predicted octanol–water partition coefficient (Wildman–Crippen LogP) is 12.3. The molecule has 1 aromatic heterocycles. The van der Waals surface area contributed by atoms with Gasteiger partial charge in [-0.15, -0.1) is 0 Å². The molecule has 1 atom stereocenters. The second-order valence-electron chi connectivity index (χ2n) is 16.0. The first-order valence-corrected chi connectivity index (χ1v) is 21.0. The lowest BCUT2D eigenvalue weighted by molar-refractivity contribution is 0.353. The standard InChI is InChI=1S/C54H42N6/c1-5-18-36(19-6-1)48-55-49(37-20-7-2-8-21-37)57-51(56-48)40-24-17-25-41(34-40)52-58-50(38-22-9-3-10-23-38)59-53(60-52)44-28-12-11-26-42(44)39-30-31-47-45(35-39)43-27-13-14-29-46(43)54(47)32-15-4-16-33-54/h1-3,5-14,17-31,34-35,50H,4,15-16,32-33H2,(H,58,59,60). The molecule has 60 heavy (non-hydrogen) atoms. The smallest absolute Gasteiger partial charge is 0.164 e. The quantitative estimate of drug-likeness (QED) is 0.175. The molecular formula is C54H42N6. The summed E-state index contributed by atoms with van der Waals surface area (Å²) < 4.78 is 0. The fraction of sp³-hybridized carbons (Fsp3) is 0.130. The van der Waals surface area contributed by atoms with Crippen molar-refractivity contribution >= 4 is 11.7 Å². The zero-order valence-corrected chi connectivity index (χ0v) is 33.2. The minimum atomic E-state index is -0.352. The van der Waals surface area contributed by atoms with Crippen LogP contribution in [0.15, 0.2) is 192 Å². The van der Waals surface area contributed by atoms with E-state index in [4.69, 9.17) is 24.9 Å². The monoisotopic (exact) mass is 774 g/mol. The van der Waals surface area contributed by atoms with Crippen molar-refractivity contribution in [2.45, 2.75) is 43.7 Å². The minimum absolute atomic E-state index is 0.117. The normalized spacial score (nSPS) is 16.3. The fourth-order valence-corrected chi connectivity index (χ4v) is 9.52. The van der Waals surface area contributed by atoms with Gasteiger partial charge in [-0.1, -0.05) is 189 Å². The van der Waals surface area contributed by atoms with Crippen LogP contribution in [0.25, 0.3) is 56.4 Å². The molecule has 288 valence electrons. The molecule has 0 bridgehead atoms. The third-order valence-corrected chi connectivity index (χ3v) is 12.4. The SMILES string of the molecule is c1ccc(-c2nc(-c3ccccc3)nc(-c3cccc(C4=NC(c5ccccc5-c5ccc6c(c5)-c5ccccc5C65CCCCC5)=NC(c5ccccc5)N4)c3)n2)cc1. The van der Waals surface area contributed by atoms with Gasteiger partial charge in [-0.2, -0.15) is 0 Å². The third kappa shape index (κ3) is 6.41. The van der Waals surface area contributed by atoms with E-state index in [1.54, 1.807) is 0 Å². The number of hydrogen-bond acceptors (Lipinski definition) is 6. The fourth-order valence-electron chi connectivity index (χ4n) is 9.52. The lowest BCUT2D eigenvalue weighted by Gasteiger charge is -2.36. The highest BCUT2D eigenvalue weighted by Crippen LogP contribution is 2.56. The van der Waals surface area contributed by atoms with Gasteiger partial charge in [-0.05, 0) is 63.9 Å². The van der Waals surface area contributed by atoms with Crippen molar-refractivity contribution in [1.29, 1.82) is 0 Å². The number of hydrogen-bond donors (Lipinski definition) is 1. The number of fused-ring (bicyclic) bond motifs is 5. The topological polar surface area (TPSA) is 75.4 Å². The van der Waals surface area contributed by atoms with E-state index in [-0.39, 0.29) is 11.6 Å². The van der Waals surface area contributed by atoms with Crippen molar-refractivity contribution < 1.29 is 0 Å². The van der Waals surface area contributed by atoms with Gasteiger partial charge in [0.15, 0.2) is 23.3 Å². The maximum atomic E-state index is 5.33. The molecule has 2 heterocycles. The van der Waals surface area contributed by atoms with E-state index in [2.05, 4.69) is 108 Å². The molecule has 1 saturated carbocycles. The lowest BCUT2D eigenvalue weighted by Crippen LogP contribution is -2.33. The van der Waals surface area contributed by atoms with Gasteiger partial charge >= 0.3 is 0 Å². The Bertz CT molecular complexity index is 2870. The second-order valence-corrected chi connectivity index (χ2v) is 16.0. The molecule has 3 aliphatic rings. The number of nitrogens with one attached hydrogen (secondary N) is 1. The van der Waals surface area contributed by atoms with Crippen LogP contribution in [-0.2, 0) is 5.41 Å². The Labute approximate surface area is 350 Å². The Hall–Kier alpha value is -7.31. The maximum Gasteiger partial charge on any atom is 0.164 e. The number of aromatic nitrogens is 3. The lowest BCUT2D eigenvalue weighted by atomic mass is 9.68. The van der Waals surface area contributed by atoms with Gasteiger partial charge < -0.3 is 5.32 Å². The second kappa shape index (κ2) is 15.1. The van der Waals surface area contributed by atoms with E-state index in [0.717, 1.165) is 44.8 Å². The van der Waals surface area contributed by atoms with Crippen LogP contribution in [0.3, 0.4) is 0 Å². The highest BCUT2D eigenvalue weighted by atomic mass is 15.2. The number of nitrogens with zero attached hydrogens (tertiary/aromatic N) is 5. The molecule has 1 unspecified atom stereocenters. The summed E-state index contributed by atoms with van der Waals surface area (Å²) in [6.45, 7) is 0. The zero-order chi connectivity index (χ0) is 39.9. The summed E-state index contributed by atoms with van der Waals surface area (Å²) in [5.41, 5.74) is 13.8. The van der Waals surface area contributed by atoms with Gasteiger partial charge in [0.2, 0.25) is 0 Å². The van der Waals surface area contributed by atoms with Crippen molar-refractivity contribution in [2.75, 3.05) is 0 Å². The van der Waals surface area contributed by atoms with E-state index in [1.807, 2.05) is 78.9 Å². The van der Waals surface area contributed by atoms with Crippen LogP contribution in [0.1, 0.15) is 66.1 Å². The van der Waals surface area contributed by atoms with Crippen LogP contribution in [0.5, 0.6) is 0 Å².